The largest absolute Gasteiger partial charge is 0.468 e. The minimum atomic E-state index is 0.0977. The summed E-state index contributed by atoms with van der Waals surface area (Å²) in [4.78, 5) is 2.53. The molecular formula is C18H24N2O. The average Bonchev–Trinajstić information content (AvgIpc) is 3.23. The Kier molecular flexibility index (Phi) is 4.42. The minimum Gasteiger partial charge on any atom is -0.468 e. The molecule has 1 saturated carbocycles. The fourth-order valence-corrected chi connectivity index (χ4v) is 2.96. The van der Waals surface area contributed by atoms with E-state index in [1.54, 1.807) is 6.26 Å². The molecule has 2 unspecified atom stereocenters. The minimum absolute atomic E-state index is 0.0977. The van der Waals surface area contributed by atoms with E-state index in [0.717, 1.165) is 18.7 Å². The second-order valence-electron chi connectivity index (χ2n) is 5.92. The fourth-order valence-electron chi connectivity index (χ4n) is 2.96. The number of hydrogen-bond acceptors (Lipinski definition) is 3. The van der Waals surface area contributed by atoms with Crippen LogP contribution in [0.3, 0.4) is 0 Å². The number of nitrogens with two attached hydrogens (primary N) is 1. The molecular weight excluding hydrogens is 260 g/mol. The Morgan fingerprint density at radius 1 is 1.19 bits per heavy atom. The summed E-state index contributed by atoms with van der Waals surface area (Å²) in [5.41, 5.74) is 7.76. The van der Waals surface area contributed by atoms with Gasteiger partial charge in [-0.15, -0.1) is 0 Å². The number of rotatable bonds is 7. The van der Waals surface area contributed by atoms with E-state index >= 15 is 0 Å². The lowest BCUT2D eigenvalue weighted by Gasteiger charge is -2.34. The molecule has 112 valence electrons. The molecule has 0 saturated heterocycles. The highest BCUT2D eigenvalue weighted by Gasteiger charge is 2.38. The molecule has 1 aromatic heterocycles. The van der Waals surface area contributed by atoms with Crippen molar-refractivity contribution < 1.29 is 4.42 Å². The zero-order valence-electron chi connectivity index (χ0n) is 12.6. The standard InChI is InChI=1S/C18H24N2O/c1-2-16(19)18(17-9-6-12-21-17)20(15-10-11-15)13-14-7-4-3-5-8-14/h3-9,12,15-16,18H,2,10-11,13,19H2,1H3. The molecule has 0 radical (unpaired) electrons. The fraction of sp³-hybridized carbons (Fsp3) is 0.444. The molecule has 2 N–H and O–H groups in total. The summed E-state index contributed by atoms with van der Waals surface area (Å²) < 4.78 is 5.69. The van der Waals surface area contributed by atoms with Crippen molar-refractivity contribution in [2.45, 2.75) is 50.9 Å². The van der Waals surface area contributed by atoms with E-state index in [1.165, 1.54) is 18.4 Å². The number of hydrogen-bond donors (Lipinski definition) is 1. The van der Waals surface area contributed by atoms with E-state index in [4.69, 9.17) is 10.2 Å². The average molecular weight is 284 g/mol. The summed E-state index contributed by atoms with van der Waals surface area (Å²) in [6.07, 6.45) is 5.22. The first kappa shape index (κ1) is 14.4. The molecule has 0 spiro atoms. The van der Waals surface area contributed by atoms with Crippen LogP contribution in [0.15, 0.2) is 53.1 Å². The van der Waals surface area contributed by atoms with E-state index in [0.29, 0.717) is 6.04 Å². The van der Waals surface area contributed by atoms with E-state index < -0.39 is 0 Å². The van der Waals surface area contributed by atoms with Crippen LogP contribution in [0.4, 0.5) is 0 Å². The quantitative estimate of drug-likeness (QED) is 0.842. The third kappa shape index (κ3) is 3.36. The maximum Gasteiger partial charge on any atom is 0.122 e. The van der Waals surface area contributed by atoms with Crippen LogP contribution in [0.25, 0.3) is 0 Å². The van der Waals surface area contributed by atoms with Crippen LogP contribution < -0.4 is 5.73 Å². The van der Waals surface area contributed by atoms with Gasteiger partial charge in [-0.3, -0.25) is 4.90 Å². The third-order valence-corrected chi connectivity index (χ3v) is 4.29. The maximum absolute atomic E-state index is 6.43. The van der Waals surface area contributed by atoms with Crippen LogP contribution in [-0.2, 0) is 6.54 Å². The first-order valence-electron chi connectivity index (χ1n) is 7.88. The SMILES string of the molecule is CCC(N)C(c1ccco1)N(Cc1ccccc1)C1CC1. The molecule has 1 aromatic carbocycles. The molecule has 1 aliphatic carbocycles. The third-order valence-electron chi connectivity index (χ3n) is 4.29. The first-order valence-corrected chi connectivity index (χ1v) is 7.88. The van der Waals surface area contributed by atoms with Crippen LogP contribution >= 0.6 is 0 Å². The molecule has 1 aliphatic rings. The van der Waals surface area contributed by atoms with E-state index in [2.05, 4.69) is 48.2 Å². The van der Waals surface area contributed by atoms with Crippen LogP contribution in [0.2, 0.25) is 0 Å². The predicted octanol–water partition coefficient (Wildman–Crippen LogP) is 3.72. The molecule has 3 nitrogen and oxygen atoms in total. The highest BCUT2D eigenvalue weighted by atomic mass is 16.3. The Labute approximate surface area is 126 Å². The van der Waals surface area contributed by atoms with Crippen molar-refractivity contribution >= 4 is 0 Å². The maximum atomic E-state index is 6.43. The molecule has 0 bridgehead atoms. The van der Waals surface area contributed by atoms with Crippen LogP contribution in [0.1, 0.15) is 43.6 Å². The molecule has 1 fully saturated rings. The molecule has 3 heteroatoms. The number of benzene rings is 1. The summed E-state index contributed by atoms with van der Waals surface area (Å²) in [5, 5.41) is 0. The monoisotopic (exact) mass is 284 g/mol. The Morgan fingerprint density at radius 2 is 1.95 bits per heavy atom. The summed E-state index contributed by atoms with van der Waals surface area (Å²) in [7, 11) is 0. The lowest BCUT2D eigenvalue weighted by atomic mass is 10.0. The molecule has 2 atom stereocenters. The lowest BCUT2D eigenvalue weighted by Crippen LogP contribution is -2.41. The molecule has 2 aromatic rings. The predicted molar refractivity (Wildman–Crippen MR) is 84.7 cm³/mol. The molecule has 21 heavy (non-hydrogen) atoms. The number of nitrogens with zero attached hydrogens (tertiary/aromatic N) is 1. The summed E-state index contributed by atoms with van der Waals surface area (Å²) in [5.74, 6) is 0.993. The van der Waals surface area contributed by atoms with Gasteiger partial charge in [0.1, 0.15) is 5.76 Å². The zero-order valence-corrected chi connectivity index (χ0v) is 12.6. The van der Waals surface area contributed by atoms with Gasteiger partial charge in [-0.1, -0.05) is 37.3 Å². The lowest BCUT2D eigenvalue weighted by molar-refractivity contribution is 0.131. The zero-order chi connectivity index (χ0) is 14.7. The summed E-state index contributed by atoms with van der Waals surface area (Å²) in [6, 6.07) is 15.5. The van der Waals surface area contributed by atoms with Crippen LogP contribution in [-0.4, -0.2) is 17.0 Å². The van der Waals surface area contributed by atoms with Crippen molar-refractivity contribution in [1.29, 1.82) is 0 Å². The van der Waals surface area contributed by atoms with Crippen molar-refractivity contribution in [1.82, 2.24) is 4.90 Å². The van der Waals surface area contributed by atoms with Gasteiger partial charge in [-0.25, -0.2) is 0 Å². The van der Waals surface area contributed by atoms with Crippen molar-refractivity contribution in [3.63, 3.8) is 0 Å². The Balaban J connectivity index is 1.86. The Bertz CT molecular complexity index is 534. The van der Waals surface area contributed by atoms with Gasteiger partial charge in [0.15, 0.2) is 0 Å². The van der Waals surface area contributed by atoms with Gasteiger partial charge >= 0.3 is 0 Å². The normalized spacial score (nSPS) is 17.9. The molecule has 3 rings (SSSR count). The van der Waals surface area contributed by atoms with Gasteiger partial charge < -0.3 is 10.2 Å². The van der Waals surface area contributed by atoms with Crippen LogP contribution in [0.5, 0.6) is 0 Å². The second-order valence-corrected chi connectivity index (χ2v) is 5.92. The van der Waals surface area contributed by atoms with Crippen LogP contribution in [0, 0.1) is 0 Å². The highest BCUT2D eigenvalue weighted by Crippen LogP contribution is 2.37. The van der Waals surface area contributed by atoms with Crippen molar-refractivity contribution in [3.05, 3.63) is 60.1 Å². The smallest absolute Gasteiger partial charge is 0.122 e. The van der Waals surface area contributed by atoms with Gasteiger partial charge in [0, 0.05) is 18.6 Å². The topological polar surface area (TPSA) is 42.4 Å². The molecule has 0 amide bonds. The van der Waals surface area contributed by atoms with Gasteiger partial charge in [-0.05, 0) is 37.0 Å². The second kappa shape index (κ2) is 6.46. The molecule has 1 heterocycles. The number of furan rings is 1. The molecule has 0 aliphatic heterocycles. The van der Waals surface area contributed by atoms with Gasteiger partial charge in [-0.2, -0.15) is 0 Å². The Morgan fingerprint density at radius 3 is 2.52 bits per heavy atom. The van der Waals surface area contributed by atoms with Crippen molar-refractivity contribution in [3.8, 4) is 0 Å². The Hall–Kier alpha value is -1.58. The van der Waals surface area contributed by atoms with E-state index in [1.807, 2.05) is 6.07 Å². The summed E-state index contributed by atoms with van der Waals surface area (Å²) >= 11 is 0. The van der Waals surface area contributed by atoms with E-state index in [9.17, 15) is 0 Å². The van der Waals surface area contributed by atoms with Crippen molar-refractivity contribution in [2.75, 3.05) is 0 Å². The van der Waals surface area contributed by atoms with Gasteiger partial charge in [0.25, 0.3) is 0 Å². The van der Waals surface area contributed by atoms with Gasteiger partial charge in [0.05, 0.1) is 12.3 Å². The van der Waals surface area contributed by atoms with Gasteiger partial charge in [0.2, 0.25) is 0 Å². The van der Waals surface area contributed by atoms with E-state index in [-0.39, 0.29) is 12.1 Å². The summed E-state index contributed by atoms with van der Waals surface area (Å²) in [6.45, 7) is 3.08. The first-order chi connectivity index (χ1) is 10.3. The van der Waals surface area contributed by atoms with Crippen molar-refractivity contribution in [2.24, 2.45) is 5.73 Å². The highest BCUT2D eigenvalue weighted by molar-refractivity contribution is 5.17.